The quantitative estimate of drug-likeness (QED) is 0.931. The predicted octanol–water partition coefficient (Wildman–Crippen LogP) is 2.86. The minimum atomic E-state index is 0.837. The van der Waals surface area contributed by atoms with Crippen molar-refractivity contribution in [3.8, 4) is 0 Å². The van der Waals surface area contributed by atoms with E-state index >= 15 is 0 Å². The van der Waals surface area contributed by atoms with Crippen LogP contribution in [0.1, 0.15) is 4.88 Å². The lowest BCUT2D eigenvalue weighted by Crippen LogP contribution is -1.96. The summed E-state index contributed by atoms with van der Waals surface area (Å²) in [4.78, 5) is 1.30. The smallest absolute Gasteiger partial charge is 0.0729 e. The molecule has 2 rings (SSSR count). The van der Waals surface area contributed by atoms with Gasteiger partial charge in [-0.1, -0.05) is 0 Å². The van der Waals surface area contributed by atoms with E-state index < -0.39 is 0 Å². The van der Waals surface area contributed by atoms with Gasteiger partial charge in [0.15, 0.2) is 0 Å². The van der Waals surface area contributed by atoms with Crippen LogP contribution in [0.3, 0.4) is 0 Å². The zero-order chi connectivity index (χ0) is 9.97. The third kappa shape index (κ3) is 2.16. The molecule has 3 nitrogen and oxygen atoms in total. The van der Waals surface area contributed by atoms with Crippen molar-refractivity contribution in [3.05, 3.63) is 33.2 Å². The summed E-state index contributed by atoms with van der Waals surface area (Å²) >= 11 is 5.23. The number of hydrogen-bond donors (Lipinski definition) is 1. The van der Waals surface area contributed by atoms with Gasteiger partial charge >= 0.3 is 0 Å². The number of aromatic nitrogens is 2. The molecule has 2 aromatic rings. The lowest BCUT2D eigenvalue weighted by molar-refractivity contribution is 0.768. The molecular formula is C9H10BrN3S. The Hall–Kier alpha value is -0.810. The van der Waals surface area contributed by atoms with Gasteiger partial charge in [-0.05, 0) is 27.4 Å². The van der Waals surface area contributed by atoms with E-state index in [0.29, 0.717) is 0 Å². The molecule has 74 valence electrons. The van der Waals surface area contributed by atoms with Crippen molar-refractivity contribution in [1.82, 2.24) is 9.78 Å². The molecule has 5 heteroatoms. The van der Waals surface area contributed by atoms with Crippen LogP contribution in [0.2, 0.25) is 0 Å². The molecule has 0 aliphatic heterocycles. The molecular weight excluding hydrogens is 262 g/mol. The second-order valence-electron chi connectivity index (χ2n) is 2.95. The highest BCUT2D eigenvalue weighted by molar-refractivity contribution is 9.10. The molecule has 0 bridgehead atoms. The molecule has 14 heavy (non-hydrogen) atoms. The number of aryl methyl sites for hydroxylation is 1. The van der Waals surface area contributed by atoms with Crippen molar-refractivity contribution in [1.29, 1.82) is 0 Å². The SMILES string of the molecule is Cn1cc(NCc2sccc2Br)cn1. The first-order chi connectivity index (χ1) is 6.75. The Balaban J connectivity index is 1.98. The fourth-order valence-electron chi connectivity index (χ4n) is 1.15. The molecule has 1 N–H and O–H groups in total. The summed E-state index contributed by atoms with van der Waals surface area (Å²) in [7, 11) is 1.91. The summed E-state index contributed by atoms with van der Waals surface area (Å²) in [6, 6.07) is 2.06. The lowest BCUT2D eigenvalue weighted by atomic mass is 10.4. The van der Waals surface area contributed by atoms with Gasteiger partial charge in [0.2, 0.25) is 0 Å². The summed E-state index contributed by atoms with van der Waals surface area (Å²) in [5, 5.41) is 9.46. The summed E-state index contributed by atoms with van der Waals surface area (Å²) in [6.45, 7) is 0.837. The van der Waals surface area contributed by atoms with Crippen LogP contribution >= 0.6 is 27.3 Å². The average molecular weight is 272 g/mol. The lowest BCUT2D eigenvalue weighted by Gasteiger charge is -2.00. The number of nitrogens with zero attached hydrogens (tertiary/aromatic N) is 2. The highest BCUT2D eigenvalue weighted by Gasteiger charge is 2.01. The fourth-order valence-corrected chi connectivity index (χ4v) is 2.58. The second kappa shape index (κ2) is 4.14. The number of hydrogen-bond acceptors (Lipinski definition) is 3. The van der Waals surface area contributed by atoms with Crippen LogP contribution in [0.5, 0.6) is 0 Å². The van der Waals surface area contributed by atoms with Gasteiger partial charge in [0, 0.05) is 22.6 Å². The second-order valence-corrected chi connectivity index (χ2v) is 4.80. The first-order valence-electron chi connectivity index (χ1n) is 4.20. The van der Waals surface area contributed by atoms with Gasteiger partial charge in [0.25, 0.3) is 0 Å². The summed E-state index contributed by atoms with van der Waals surface area (Å²) < 4.78 is 2.95. The maximum absolute atomic E-state index is 4.08. The van der Waals surface area contributed by atoms with E-state index in [2.05, 4.69) is 37.8 Å². The highest BCUT2D eigenvalue weighted by atomic mass is 79.9. The first kappa shape index (κ1) is 9.73. The van der Waals surface area contributed by atoms with Crippen LogP contribution in [0.15, 0.2) is 28.3 Å². The monoisotopic (exact) mass is 271 g/mol. The molecule has 0 radical (unpaired) electrons. The van der Waals surface area contributed by atoms with Crippen molar-refractivity contribution >= 4 is 33.0 Å². The molecule has 0 aromatic carbocycles. The molecule has 0 aliphatic carbocycles. The fraction of sp³-hybridized carbons (Fsp3) is 0.222. The van der Waals surface area contributed by atoms with Gasteiger partial charge in [-0.2, -0.15) is 5.10 Å². The van der Waals surface area contributed by atoms with E-state index in [0.717, 1.165) is 12.2 Å². The van der Waals surface area contributed by atoms with Crippen molar-refractivity contribution in [2.75, 3.05) is 5.32 Å². The number of thiophene rings is 1. The van der Waals surface area contributed by atoms with Crippen LogP contribution in [0.4, 0.5) is 5.69 Å². The van der Waals surface area contributed by atoms with Crippen LogP contribution in [-0.4, -0.2) is 9.78 Å². The van der Waals surface area contributed by atoms with Gasteiger partial charge in [-0.15, -0.1) is 11.3 Å². The summed E-state index contributed by atoms with van der Waals surface area (Å²) in [6.07, 6.45) is 3.78. The van der Waals surface area contributed by atoms with Crippen molar-refractivity contribution < 1.29 is 0 Å². The first-order valence-corrected chi connectivity index (χ1v) is 5.87. The zero-order valence-electron chi connectivity index (χ0n) is 7.70. The third-order valence-electron chi connectivity index (χ3n) is 1.85. The molecule has 0 saturated heterocycles. The number of halogens is 1. The molecule has 0 spiro atoms. The van der Waals surface area contributed by atoms with Crippen LogP contribution < -0.4 is 5.32 Å². The standard InChI is InChI=1S/C9H10BrN3S/c1-13-6-7(4-12-13)11-5-9-8(10)2-3-14-9/h2-4,6,11H,5H2,1H3. The highest BCUT2D eigenvalue weighted by Crippen LogP contribution is 2.23. The Bertz CT molecular complexity index is 421. The van der Waals surface area contributed by atoms with Crippen molar-refractivity contribution in [2.24, 2.45) is 7.05 Å². The zero-order valence-corrected chi connectivity index (χ0v) is 10.1. The minimum absolute atomic E-state index is 0.837. The third-order valence-corrected chi connectivity index (χ3v) is 3.78. The van der Waals surface area contributed by atoms with E-state index in [4.69, 9.17) is 0 Å². The Morgan fingerprint density at radius 3 is 3.07 bits per heavy atom. The molecule has 0 saturated carbocycles. The van der Waals surface area contributed by atoms with Crippen molar-refractivity contribution in [3.63, 3.8) is 0 Å². The Labute approximate surface area is 94.9 Å². The summed E-state index contributed by atoms with van der Waals surface area (Å²) in [5.41, 5.74) is 1.05. The Morgan fingerprint density at radius 1 is 1.64 bits per heavy atom. The molecule has 0 aliphatic rings. The number of anilines is 1. The normalized spacial score (nSPS) is 10.4. The molecule has 0 unspecified atom stereocenters. The van der Waals surface area contributed by atoms with E-state index in [1.165, 1.54) is 9.35 Å². The largest absolute Gasteiger partial charge is 0.378 e. The molecule has 2 aromatic heterocycles. The van der Waals surface area contributed by atoms with E-state index in [1.807, 2.05) is 19.4 Å². The van der Waals surface area contributed by atoms with Gasteiger partial charge in [-0.25, -0.2) is 0 Å². The van der Waals surface area contributed by atoms with E-state index in [9.17, 15) is 0 Å². The van der Waals surface area contributed by atoms with E-state index in [-0.39, 0.29) is 0 Å². The van der Waals surface area contributed by atoms with Crippen LogP contribution in [-0.2, 0) is 13.6 Å². The Kier molecular flexibility index (Phi) is 2.88. The maximum Gasteiger partial charge on any atom is 0.0729 e. The number of rotatable bonds is 3. The Morgan fingerprint density at radius 2 is 2.50 bits per heavy atom. The van der Waals surface area contributed by atoms with Crippen molar-refractivity contribution in [2.45, 2.75) is 6.54 Å². The molecule has 0 atom stereocenters. The maximum atomic E-state index is 4.08. The molecule has 0 fully saturated rings. The molecule has 0 amide bonds. The summed E-state index contributed by atoms with van der Waals surface area (Å²) in [5.74, 6) is 0. The van der Waals surface area contributed by atoms with Gasteiger partial charge < -0.3 is 5.32 Å². The number of nitrogens with one attached hydrogen (secondary N) is 1. The van der Waals surface area contributed by atoms with Gasteiger partial charge in [0.1, 0.15) is 0 Å². The van der Waals surface area contributed by atoms with Crippen LogP contribution in [0.25, 0.3) is 0 Å². The van der Waals surface area contributed by atoms with Gasteiger partial charge in [0.05, 0.1) is 18.4 Å². The van der Waals surface area contributed by atoms with E-state index in [1.54, 1.807) is 16.0 Å². The van der Waals surface area contributed by atoms with Gasteiger partial charge in [-0.3, -0.25) is 4.68 Å². The van der Waals surface area contributed by atoms with Crippen LogP contribution in [0, 0.1) is 0 Å². The predicted molar refractivity (Wildman–Crippen MR) is 62.6 cm³/mol. The minimum Gasteiger partial charge on any atom is -0.378 e. The topological polar surface area (TPSA) is 29.9 Å². The molecule has 2 heterocycles. The average Bonchev–Trinajstić information content (AvgIpc) is 2.72.